The van der Waals surface area contributed by atoms with Crippen molar-refractivity contribution in [3.63, 3.8) is 0 Å². The quantitative estimate of drug-likeness (QED) is 0.792. The molecule has 6 heteroatoms. The summed E-state index contributed by atoms with van der Waals surface area (Å²) in [6, 6.07) is 0. The molecule has 0 heterocycles. The molecule has 2 N–H and O–H groups in total. The summed E-state index contributed by atoms with van der Waals surface area (Å²) < 4.78 is 36.8. The lowest BCUT2D eigenvalue weighted by Gasteiger charge is -2.26. The van der Waals surface area contributed by atoms with E-state index in [0.29, 0.717) is 19.3 Å². The molecule has 0 aromatic rings. The number of amides is 1. The monoisotopic (exact) mass is 238 g/mol. The molecule has 0 aromatic heterocycles. The van der Waals surface area contributed by atoms with Crippen LogP contribution < -0.4 is 5.73 Å². The average Bonchev–Trinajstić information content (AvgIpc) is 2.89. The van der Waals surface area contributed by atoms with Gasteiger partial charge in [-0.1, -0.05) is 13.3 Å². The van der Waals surface area contributed by atoms with Crippen LogP contribution in [0.3, 0.4) is 0 Å². The highest BCUT2D eigenvalue weighted by atomic mass is 19.4. The second-order valence-corrected chi connectivity index (χ2v) is 4.35. The summed E-state index contributed by atoms with van der Waals surface area (Å²) in [6.45, 7) is 0.810. The molecule has 0 saturated heterocycles. The van der Waals surface area contributed by atoms with Gasteiger partial charge in [-0.25, -0.2) is 0 Å². The Bertz CT molecular complexity index is 261. The largest absolute Gasteiger partial charge is 0.406 e. The standard InChI is InChI=1S/C10H17F3N2O/c1-2-3-6-15(7-10(11,12)13)8(16)9(14)4-5-9/h2-7,14H2,1H3. The van der Waals surface area contributed by atoms with Crippen LogP contribution in [-0.4, -0.2) is 35.6 Å². The Morgan fingerprint density at radius 3 is 2.38 bits per heavy atom. The molecule has 0 atom stereocenters. The zero-order valence-electron chi connectivity index (χ0n) is 9.31. The van der Waals surface area contributed by atoms with Gasteiger partial charge in [0.15, 0.2) is 0 Å². The maximum atomic E-state index is 12.3. The molecule has 0 aliphatic heterocycles. The van der Waals surface area contributed by atoms with Crippen LogP contribution in [-0.2, 0) is 4.79 Å². The second-order valence-electron chi connectivity index (χ2n) is 4.35. The highest BCUT2D eigenvalue weighted by Crippen LogP contribution is 2.35. The summed E-state index contributed by atoms with van der Waals surface area (Å²) in [6.07, 6.45) is -2.05. The molecular weight excluding hydrogens is 221 g/mol. The van der Waals surface area contributed by atoms with Crippen LogP contribution >= 0.6 is 0 Å². The minimum absolute atomic E-state index is 0.133. The first-order chi connectivity index (χ1) is 7.28. The van der Waals surface area contributed by atoms with E-state index in [1.165, 1.54) is 0 Å². The summed E-state index contributed by atoms with van der Waals surface area (Å²) in [5, 5.41) is 0. The van der Waals surface area contributed by atoms with Crippen molar-refractivity contribution in [2.45, 2.75) is 44.3 Å². The van der Waals surface area contributed by atoms with Crippen LogP contribution in [0.1, 0.15) is 32.6 Å². The number of hydrogen-bond acceptors (Lipinski definition) is 2. The zero-order valence-corrected chi connectivity index (χ0v) is 9.31. The van der Waals surface area contributed by atoms with Crippen LogP contribution in [0.4, 0.5) is 13.2 Å². The molecular formula is C10H17F3N2O. The van der Waals surface area contributed by atoms with Crippen molar-refractivity contribution in [1.82, 2.24) is 4.90 Å². The van der Waals surface area contributed by atoms with E-state index in [9.17, 15) is 18.0 Å². The van der Waals surface area contributed by atoms with E-state index in [0.717, 1.165) is 11.3 Å². The van der Waals surface area contributed by atoms with Crippen molar-refractivity contribution < 1.29 is 18.0 Å². The lowest BCUT2D eigenvalue weighted by molar-refractivity contribution is -0.162. The van der Waals surface area contributed by atoms with Crippen molar-refractivity contribution in [2.24, 2.45) is 5.73 Å². The average molecular weight is 238 g/mol. The molecule has 0 aromatic carbocycles. The molecule has 3 nitrogen and oxygen atoms in total. The Labute approximate surface area is 92.8 Å². The Kier molecular flexibility index (Phi) is 3.83. The van der Waals surface area contributed by atoms with E-state index in [1.807, 2.05) is 6.92 Å². The minimum atomic E-state index is -4.35. The van der Waals surface area contributed by atoms with E-state index < -0.39 is 24.2 Å². The topological polar surface area (TPSA) is 46.3 Å². The van der Waals surface area contributed by atoms with Gasteiger partial charge in [0.05, 0.1) is 5.54 Å². The molecule has 16 heavy (non-hydrogen) atoms. The molecule has 1 aliphatic rings. The zero-order chi connectivity index (χ0) is 12.4. The third-order valence-electron chi connectivity index (χ3n) is 2.65. The minimum Gasteiger partial charge on any atom is -0.332 e. The Morgan fingerprint density at radius 1 is 1.44 bits per heavy atom. The number of carbonyl (C=O) groups excluding carboxylic acids is 1. The van der Waals surface area contributed by atoms with E-state index in [-0.39, 0.29) is 6.54 Å². The number of nitrogens with zero attached hydrogens (tertiary/aromatic N) is 1. The van der Waals surface area contributed by atoms with Gasteiger partial charge in [-0.05, 0) is 19.3 Å². The number of alkyl halides is 3. The fourth-order valence-corrected chi connectivity index (χ4v) is 1.48. The van der Waals surface area contributed by atoms with Crippen molar-refractivity contribution in [3.8, 4) is 0 Å². The molecule has 1 saturated carbocycles. The SMILES string of the molecule is CCCCN(CC(F)(F)F)C(=O)C1(N)CC1. The van der Waals surface area contributed by atoms with Crippen molar-refractivity contribution in [1.29, 1.82) is 0 Å². The van der Waals surface area contributed by atoms with Crippen LogP contribution in [0.25, 0.3) is 0 Å². The summed E-state index contributed by atoms with van der Waals surface area (Å²) in [7, 11) is 0. The van der Waals surface area contributed by atoms with Crippen molar-refractivity contribution in [3.05, 3.63) is 0 Å². The third-order valence-corrected chi connectivity index (χ3v) is 2.65. The lowest BCUT2D eigenvalue weighted by Crippen LogP contribution is -2.49. The molecule has 0 bridgehead atoms. The second kappa shape index (κ2) is 4.61. The van der Waals surface area contributed by atoms with Gasteiger partial charge in [0.1, 0.15) is 6.54 Å². The summed E-state index contributed by atoms with van der Waals surface area (Å²) in [5.74, 6) is -0.557. The van der Waals surface area contributed by atoms with E-state index in [1.54, 1.807) is 0 Å². The summed E-state index contributed by atoms with van der Waals surface area (Å²) in [4.78, 5) is 12.6. The smallest absolute Gasteiger partial charge is 0.332 e. The summed E-state index contributed by atoms with van der Waals surface area (Å²) >= 11 is 0. The van der Waals surface area contributed by atoms with Crippen molar-refractivity contribution in [2.75, 3.05) is 13.1 Å². The molecule has 1 fully saturated rings. The first kappa shape index (κ1) is 13.3. The van der Waals surface area contributed by atoms with Crippen LogP contribution in [0.5, 0.6) is 0 Å². The molecule has 0 radical (unpaired) electrons. The Hall–Kier alpha value is -0.780. The van der Waals surface area contributed by atoms with Gasteiger partial charge < -0.3 is 10.6 Å². The maximum absolute atomic E-state index is 12.3. The highest BCUT2D eigenvalue weighted by molar-refractivity contribution is 5.89. The first-order valence-electron chi connectivity index (χ1n) is 5.43. The van der Waals surface area contributed by atoms with Gasteiger partial charge in [0, 0.05) is 6.54 Å². The first-order valence-corrected chi connectivity index (χ1v) is 5.43. The van der Waals surface area contributed by atoms with E-state index >= 15 is 0 Å². The molecule has 0 unspecified atom stereocenters. The van der Waals surface area contributed by atoms with Crippen molar-refractivity contribution >= 4 is 5.91 Å². The van der Waals surface area contributed by atoms with Crippen LogP contribution in [0.15, 0.2) is 0 Å². The van der Waals surface area contributed by atoms with E-state index in [2.05, 4.69) is 0 Å². The number of hydrogen-bond donors (Lipinski definition) is 1. The molecule has 1 rings (SSSR count). The molecule has 0 spiro atoms. The molecule has 94 valence electrons. The number of nitrogens with two attached hydrogens (primary N) is 1. The fraction of sp³-hybridized carbons (Fsp3) is 0.900. The van der Waals surface area contributed by atoms with Gasteiger partial charge in [-0.3, -0.25) is 4.79 Å². The van der Waals surface area contributed by atoms with Gasteiger partial charge in [-0.2, -0.15) is 13.2 Å². The van der Waals surface area contributed by atoms with E-state index in [4.69, 9.17) is 5.73 Å². The van der Waals surface area contributed by atoms with Gasteiger partial charge in [-0.15, -0.1) is 0 Å². The number of unbranched alkanes of at least 4 members (excludes halogenated alkanes) is 1. The Morgan fingerprint density at radius 2 is 2.00 bits per heavy atom. The maximum Gasteiger partial charge on any atom is 0.406 e. The molecule has 1 amide bonds. The number of rotatable bonds is 5. The predicted molar refractivity (Wildman–Crippen MR) is 53.7 cm³/mol. The fourth-order valence-electron chi connectivity index (χ4n) is 1.48. The number of halogens is 3. The van der Waals surface area contributed by atoms with Crippen LogP contribution in [0, 0.1) is 0 Å². The summed E-state index contributed by atoms with van der Waals surface area (Å²) in [5.41, 5.74) is 4.61. The lowest BCUT2D eigenvalue weighted by atomic mass is 10.2. The highest BCUT2D eigenvalue weighted by Gasteiger charge is 2.49. The third kappa shape index (κ3) is 3.66. The van der Waals surface area contributed by atoms with Crippen LogP contribution in [0.2, 0.25) is 0 Å². The normalized spacial score (nSPS) is 18.3. The number of carbonyl (C=O) groups is 1. The van der Waals surface area contributed by atoms with Gasteiger partial charge in [0.2, 0.25) is 5.91 Å². The van der Waals surface area contributed by atoms with Gasteiger partial charge >= 0.3 is 6.18 Å². The molecule has 1 aliphatic carbocycles. The Balaban J connectivity index is 2.59. The predicted octanol–water partition coefficient (Wildman–Crippen LogP) is 1.67. The van der Waals surface area contributed by atoms with Gasteiger partial charge in [0.25, 0.3) is 0 Å².